The molecule has 148 valence electrons. The number of benzene rings is 1. The van der Waals surface area contributed by atoms with Gasteiger partial charge in [0.1, 0.15) is 12.2 Å². The number of morpholine rings is 1. The lowest BCUT2D eigenvalue weighted by Gasteiger charge is -2.26. The van der Waals surface area contributed by atoms with E-state index >= 15 is 0 Å². The molecule has 0 spiro atoms. The Hall–Kier alpha value is -1.72. The van der Waals surface area contributed by atoms with E-state index in [1.807, 2.05) is 7.05 Å². The second-order valence-corrected chi connectivity index (χ2v) is 6.29. The summed E-state index contributed by atoms with van der Waals surface area (Å²) in [7, 11) is 3.64. The van der Waals surface area contributed by atoms with Crippen LogP contribution in [-0.2, 0) is 31.4 Å². The molecule has 1 aromatic heterocycles. The van der Waals surface area contributed by atoms with Crippen LogP contribution in [-0.4, -0.2) is 59.0 Å². The first-order valence-corrected chi connectivity index (χ1v) is 8.90. The summed E-state index contributed by atoms with van der Waals surface area (Å²) < 4.78 is 7.16. The van der Waals surface area contributed by atoms with Gasteiger partial charge in [0.15, 0.2) is 5.96 Å². The quantitative estimate of drug-likeness (QED) is 0.363. The van der Waals surface area contributed by atoms with E-state index in [1.165, 1.54) is 11.1 Å². The molecule has 0 atom stereocenters. The predicted molar refractivity (Wildman–Crippen MR) is 116 cm³/mol. The second-order valence-electron chi connectivity index (χ2n) is 6.29. The van der Waals surface area contributed by atoms with Gasteiger partial charge in [0.05, 0.1) is 19.8 Å². The average Bonchev–Trinajstić information content (AvgIpc) is 3.08. The smallest absolute Gasteiger partial charge is 0.191 e. The Labute approximate surface area is 177 Å². The monoisotopic (exact) mass is 485 g/mol. The summed E-state index contributed by atoms with van der Waals surface area (Å²) in [5.74, 6) is 1.60. The summed E-state index contributed by atoms with van der Waals surface area (Å²) in [6.45, 7) is 5.92. The van der Waals surface area contributed by atoms with E-state index in [4.69, 9.17) is 4.74 Å². The summed E-state index contributed by atoms with van der Waals surface area (Å²) in [6, 6.07) is 8.67. The highest BCUT2D eigenvalue weighted by molar-refractivity contribution is 14.0. The normalized spacial score (nSPS) is 15.3. The van der Waals surface area contributed by atoms with Gasteiger partial charge >= 0.3 is 0 Å². The Morgan fingerprint density at radius 2 is 1.93 bits per heavy atom. The number of ether oxygens (including phenoxy) is 1. The maximum absolute atomic E-state index is 5.41. The van der Waals surface area contributed by atoms with Gasteiger partial charge in [-0.2, -0.15) is 5.10 Å². The van der Waals surface area contributed by atoms with E-state index in [0.717, 1.165) is 51.2 Å². The minimum absolute atomic E-state index is 0. The van der Waals surface area contributed by atoms with Gasteiger partial charge in [-0.1, -0.05) is 24.3 Å². The van der Waals surface area contributed by atoms with Crippen molar-refractivity contribution in [3.05, 3.63) is 47.5 Å². The first-order chi connectivity index (χ1) is 12.7. The minimum atomic E-state index is 0. The number of aliphatic imine (C=N–C) groups is 1. The molecule has 1 fully saturated rings. The van der Waals surface area contributed by atoms with Crippen LogP contribution in [0, 0.1) is 0 Å². The van der Waals surface area contributed by atoms with Crippen LogP contribution in [0.5, 0.6) is 0 Å². The van der Waals surface area contributed by atoms with Crippen LogP contribution >= 0.6 is 24.0 Å². The summed E-state index contributed by atoms with van der Waals surface area (Å²) in [4.78, 5) is 10.9. The lowest BCUT2D eigenvalue weighted by atomic mass is 10.1. The lowest BCUT2D eigenvalue weighted by molar-refractivity contribution is 0.0342. The molecule has 0 saturated carbocycles. The second kappa shape index (κ2) is 11.2. The number of nitrogens with one attached hydrogen (secondary N) is 2. The fourth-order valence-electron chi connectivity index (χ4n) is 2.90. The Bertz CT molecular complexity index is 728. The first-order valence-electron chi connectivity index (χ1n) is 8.90. The third-order valence-electron chi connectivity index (χ3n) is 4.40. The zero-order valence-corrected chi connectivity index (χ0v) is 18.2. The summed E-state index contributed by atoms with van der Waals surface area (Å²) in [5.41, 5.74) is 2.56. The Balaban J connectivity index is 0.00000261. The van der Waals surface area contributed by atoms with Crippen LogP contribution in [0.2, 0.25) is 0 Å². The molecule has 27 heavy (non-hydrogen) atoms. The number of aryl methyl sites for hydroxylation is 1. The molecule has 9 heteroatoms. The van der Waals surface area contributed by atoms with Gasteiger partial charge < -0.3 is 15.4 Å². The van der Waals surface area contributed by atoms with E-state index in [2.05, 4.69) is 54.9 Å². The molecule has 0 unspecified atom stereocenters. The zero-order chi connectivity index (χ0) is 18.2. The molecular formula is C18H28IN7O. The van der Waals surface area contributed by atoms with Crippen LogP contribution in [0.1, 0.15) is 17.0 Å². The molecule has 8 nitrogen and oxygen atoms in total. The molecule has 1 aromatic carbocycles. The van der Waals surface area contributed by atoms with Gasteiger partial charge in [0, 0.05) is 40.3 Å². The number of hydrogen-bond acceptors (Lipinski definition) is 5. The van der Waals surface area contributed by atoms with Crippen LogP contribution in [0.3, 0.4) is 0 Å². The molecule has 2 N–H and O–H groups in total. The van der Waals surface area contributed by atoms with Crippen LogP contribution in [0.15, 0.2) is 35.6 Å². The number of rotatable bonds is 6. The summed E-state index contributed by atoms with van der Waals surface area (Å²) >= 11 is 0. The van der Waals surface area contributed by atoms with Crippen molar-refractivity contribution in [3.8, 4) is 0 Å². The van der Waals surface area contributed by atoms with Gasteiger partial charge in [0.25, 0.3) is 0 Å². The first kappa shape index (κ1) is 21.6. The Kier molecular flexibility index (Phi) is 8.95. The van der Waals surface area contributed by atoms with Crippen LogP contribution < -0.4 is 10.6 Å². The van der Waals surface area contributed by atoms with E-state index in [0.29, 0.717) is 6.54 Å². The third kappa shape index (κ3) is 6.74. The fraction of sp³-hybridized carbons (Fsp3) is 0.500. The minimum Gasteiger partial charge on any atom is -0.379 e. The van der Waals surface area contributed by atoms with Crippen molar-refractivity contribution in [1.29, 1.82) is 0 Å². The van der Waals surface area contributed by atoms with Crippen molar-refractivity contribution in [1.82, 2.24) is 30.3 Å². The fourth-order valence-corrected chi connectivity index (χ4v) is 2.90. The molecule has 2 heterocycles. The van der Waals surface area contributed by atoms with Crippen molar-refractivity contribution in [2.45, 2.75) is 19.6 Å². The molecule has 1 aliphatic rings. The third-order valence-corrected chi connectivity index (χ3v) is 4.40. The van der Waals surface area contributed by atoms with Gasteiger partial charge in [-0.3, -0.25) is 14.6 Å². The topological polar surface area (TPSA) is 79.6 Å². The number of hydrogen-bond donors (Lipinski definition) is 2. The van der Waals surface area contributed by atoms with Crippen molar-refractivity contribution in [2.75, 3.05) is 33.4 Å². The van der Waals surface area contributed by atoms with Gasteiger partial charge in [-0.05, 0) is 11.1 Å². The standard InChI is InChI=1S/C18H27N7O.HI/c1-19-18(21-12-17-22-14-23-24(17)2)20-11-15-4-3-5-16(10-15)13-25-6-8-26-9-7-25;/h3-5,10,14H,6-9,11-13H2,1-2H3,(H2,19,20,21);1H. The Morgan fingerprint density at radius 1 is 1.19 bits per heavy atom. The molecule has 1 aliphatic heterocycles. The maximum atomic E-state index is 5.41. The van der Waals surface area contributed by atoms with E-state index in [9.17, 15) is 0 Å². The zero-order valence-electron chi connectivity index (χ0n) is 15.9. The van der Waals surface area contributed by atoms with E-state index in [1.54, 1.807) is 18.1 Å². The molecular weight excluding hydrogens is 457 g/mol. The molecule has 3 rings (SSSR count). The van der Waals surface area contributed by atoms with Gasteiger partial charge in [-0.25, -0.2) is 4.98 Å². The van der Waals surface area contributed by atoms with Crippen molar-refractivity contribution >= 4 is 29.9 Å². The maximum Gasteiger partial charge on any atom is 0.191 e. The van der Waals surface area contributed by atoms with E-state index < -0.39 is 0 Å². The summed E-state index contributed by atoms with van der Waals surface area (Å²) in [6.07, 6.45) is 1.55. The number of halogens is 1. The van der Waals surface area contributed by atoms with Crippen molar-refractivity contribution in [2.24, 2.45) is 12.0 Å². The molecule has 2 aromatic rings. The molecule has 0 radical (unpaired) electrons. The molecule has 1 saturated heterocycles. The highest BCUT2D eigenvalue weighted by atomic mass is 127. The average molecular weight is 485 g/mol. The lowest BCUT2D eigenvalue weighted by Crippen LogP contribution is -2.37. The largest absolute Gasteiger partial charge is 0.379 e. The van der Waals surface area contributed by atoms with E-state index in [-0.39, 0.29) is 24.0 Å². The number of nitrogens with zero attached hydrogens (tertiary/aromatic N) is 5. The van der Waals surface area contributed by atoms with Crippen molar-refractivity contribution < 1.29 is 4.74 Å². The van der Waals surface area contributed by atoms with Crippen LogP contribution in [0.4, 0.5) is 0 Å². The van der Waals surface area contributed by atoms with Crippen LogP contribution in [0.25, 0.3) is 0 Å². The molecule has 0 aliphatic carbocycles. The summed E-state index contributed by atoms with van der Waals surface area (Å²) in [5, 5.41) is 10.7. The number of aromatic nitrogens is 3. The predicted octanol–water partition coefficient (Wildman–Crippen LogP) is 1.13. The Morgan fingerprint density at radius 3 is 2.63 bits per heavy atom. The molecule has 0 bridgehead atoms. The van der Waals surface area contributed by atoms with Gasteiger partial charge in [0.2, 0.25) is 0 Å². The van der Waals surface area contributed by atoms with Gasteiger partial charge in [-0.15, -0.1) is 24.0 Å². The highest BCUT2D eigenvalue weighted by Crippen LogP contribution is 2.10. The SMILES string of the molecule is CN=C(NCc1cccc(CN2CCOCC2)c1)NCc1ncnn1C.I. The van der Waals surface area contributed by atoms with Crippen molar-refractivity contribution in [3.63, 3.8) is 0 Å². The highest BCUT2D eigenvalue weighted by Gasteiger charge is 2.11. The number of guanidine groups is 1. The molecule has 0 amide bonds.